The largest absolute Gasteiger partial charge is 0.331 e. The molecule has 0 aliphatic carbocycles. The number of thioether (sulfide) groups is 1. The van der Waals surface area contributed by atoms with Crippen molar-refractivity contribution in [3.05, 3.63) is 29.8 Å². The Kier molecular flexibility index (Phi) is 4.70. The van der Waals surface area contributed by atoms with Gasteiger partial charge in [0.25, 0.3) is 5.24 Å². The molecule has 0 bridgehead atoms. The van der Waals surface area contributed by atoms with Crippen molar-refractivity contribution in [2.24, 2.45) is 0 Å². The Balaban J connectivity index is 2.69. The van der Waals surface area contributed by atoms with Gasteiger partial charge in [0.2, 0.25) is 0 Å². The zero-order chi connectivity index (χ0) is 14.7. The van der Waals surface area contributed by atoms with Gasteiger partial charge in [0.05, 0.1) is 5.54 Å². The van der Waals surface area contributed by atoms with Crippen LogP contribution in [0.15, 0.2) is 29.2 Å². The Labute approximate surface area is 120 Å². The van der Waals surface area contributed by atoms with Crippen LogP contribution in [0.3, 0.4) is 0 Å². The molecular weight excluding hydrogens is 254 g/mol. The number of carbonyl (C=O) groups excluding carboxylic acids is 1. The summed E-state index contributed by atoms with van der Waals surface area (Å²) in [6.07, 6.45) is 5.34. The molecule has 19 heavy (non-hydrogen) atoms. The van der Waals surface area contributed by atoms with Gasteiger partial charge in [-0.25, -0.2) is 0 Å². The monoisotopic (exact) mass is 275 g/mol. The zero-order valence-corrected chi connectivity index (χ0v) is 13.0. The van der Waals surface area contributed by atoms with E-state index >= 15 is 0 Å². The van der Waals surface area contributed by atoms with Gasteiger partial charge in [-0.2, -0.15) is 0 Å². The van der Waals surface area contributed by atoms with E-state index in [2.05, 4.69) is 44.1 Å². The maximum Gasteiger partial charge on any atom is 0.285 e. The molecule has 1 amide bonds. The summed E-state index contributed by atoms with van der Waals surface area (Å²) < 4.78 is 0. The highest BCUT2D eigenvalue weighted by atomic mass is 32.2. The Hall–Kier alpha value is -1.40. The fourth-order valence-electron chi connectivity index (χ4n) is 1.45. The lowest BCUT2D eigenvalue weighted by molar-refractivity contribution is 0.256. The van der Waals surface area contributed by atoms with Crippen LogP contribution in [0.1, 0.15) is 40.2 Å². The van der Waals surface area contributed by atoms with Crippen LogP contribution in [0.25, 0.3) is 0 Å². The first-order valence-electron chi connectivity index (χ1n) is 6.22. The van der Waals surface area contributed by atoms with E-state index < -0.39 is 5.54 Å². The fourth-order valence-corrected chi connectivity index (χ4v) is 2.24. The Bertz CT molecular complexity index is 489. The second kappa shape index (κ2) is 5.71. The molecule has 0 spiro atoms. The van der Waals surface area contributed by atoms with Gasteiger partial charge in [-0.15, -0.1) is 6.42 Å². The summed E-state index contributed by atoms with van der Waals surface area (Å²) in [5.74, 6) is 2.54. The maximum absolute atomic E-state index is 11.8. The van der Waals surface area contributed by atoms with Crippen LogP contribution in [0.5, 0.6) is 0 Å². The van der Waals surface area contributed by atoms with E-state index in [1.54, 1.807) is 13.8 Å². The molecule has 0 saturated carbocycles. The van der Waals surface area contributed by atoms with E-state index in [0.717, 1.165) is 16.7 Å². The number of benzene rings is 1. The van der Waals surface area contributed by atoms with Crippen LogP contribution in [0.2, 0.25) is 0 Å². The number of nitrogens with one attached hydrogen (secondary N) is 1. The number of hydrogen-bond donors (Lipinski definition) is 1. The molecule has 0 aliphatic rings. The molecule has 1 rings (SSSR count). The average Bonchev–Trinajstić information content (AvgIpc) is 2.27. The normalized spacial score (nSPS) is 11.8. The average molecular weight is 275 g/mol. The summed E-state index contributed by atoms with van der Waals surface area (Å²) in [6.45, 7) is 10.1. The number of rotatable bonds is 2. The van der Waals surface area contributed by atoms with Crippen LogP contribution in [0, 0.1) is 12.3 Å². The Morgan fingerprint density at radius 3 is 2.11 bits per heavy atom. The van der Waals surface area contributed by atoms with Crippen LogP contribution in [-0.4, -0.2) is 10.8 Å². The molecule has 0 radical (unpaired) electrons. The van der Waals surface area contributed by atoms with Gasteiger partial charge < -0.3 is 5.32 Å². The molecule has 2 nitrogen and oxygen atoms in total. The highest BCUT2D eigenvalue weighted by Crippen LogP contribution is 2.26. The van der Waals surface area contributed by atoms with E-state index in [-0.39, 0.29) is 10.7 Å². The topological polar surface area (TPSA) is 29.1 Å². The van der Waals surface area contributed by atoms with Crippen molar-refractivity contribution < 1.29 is 4.79 Å². The van der Waals surface area contributed by atoms with Crippen molar-refractivity contribution in [3.8, 4) is 12.3 Å². The van der Waals surface area contributed by atoms with E-state index in [4.69, 9.17) is 6.42 Å². The minimum Gasteiger partial charge on any atom is -0.331 e. The minimum atomic E-state index is -0.616. The molecule has 0 atom stereocenters. The van der Waals surface area contributed by atoms with Gasteiger partial charge in [0.15, 0.2) is 0 Å². The van der Waals surface area contributed by atoms with Crippen molar-refractivity contribution in [2.75, 3.05) is 0 Å². The number of terminal acetylenes is 1. The second-order valence-corrected chi connectivity index (χ2v) is 7.10. The standard InChI is InChI=1S/C16H21NOS/c1-7-16(5,6)17-14(18)19-13-10-8-12(9-11-13)15(2,3)4/h1,8-11H,2-6H3,(H,17,18). The molecule has 1 aromatic carbocycles. The predicted molar refractivity (Wildman–Crippen MR) is 82.4 cm³/mol. The zero-order valence-electron chi connectivity index (χ0n) is 12.2. The third-order valence-electron chi connectivity index (χ3n) is 2.71. The second-order valence-electron chi connectivity index (χ2n) is 6.06. The highest BCUT2D eigenvalue weighted by Gasteiger charge is 2.18. The summed E-state index contributed by atoms with van der Waals surface area (Å²) in [4.78, 5) is 12.7. The summed E-state index contributed by atoms with van der Waals surface area (Å²) in [5.41, 5.74) is 0.757. The van der Waals surface area contributed by atoms with Crippen molar-refractivity contribution in [2.45, 2.75) is 50.5 Å². The van der Waals surface area contributed by atoms with Gasteiger partial charge >= 0.3 is 0 Å². The Morgan fingerprint density at radius 2 is 1.68 bits per heavy atom. The lowest BCUT2D eigenvalue weighted by Crippen LogP contribution is -2.39. The van der Waals surface area contributed by atoms with E-state index in [9.17, 15) is 4.79 Å². The summed E-state index contributed by atoms with van der Waals surface area (Å²) >= 11 is 1.16. The molecule has 0 aromatic heterocycles. The fraction of sp³-hybridized carbons (Fsp3) is 0.438. The molecule has 1 aromatic rings. The first kappa shape index (κ1) is 15.7. The van der Waals surface area contributed by atoms with Crippen LogP contribution in [-0.2, 0) is 5.41 Å². The third-order valence-corrected chi connectivity index (χ3v) is 3.50. The molecular formula is C16H21NOS. The molecule has 102 valence electrons. The lowest BCUT2D eigenvalue weighted by Gasteiger charge is -2.20. The first-order chi connectivity index (χ1) is 8.64. The Morgan fingerprint density at radius 1 is 1.16 bits per heavy atom. The molecule has 0 fully saturated rings. The summed E-state index contributed by atoms with van der Waals surface area (Å²) in [7, 11) is 0. The van der Waals surface area contributed by atoms with Gasteiger partial charge in [0.1, 0.15) is 0 Å². The molecule has 3 heteroatoms. The van der Waals surface area contributed by atoms with Crippen molar-refractivity contribution in [3.63, 3.8) is 0 Å². The van der Waals surface area contributed by atoms with E-state index in [0.29, 0.717) is 0 Å². The summed E-state index contributed by atoms with van der Waals surface area (Å²) in [5, 5.41) is 2.65. The molecule has 0 unspecified atom stereocenters. The third kappa shape index (κ3) is 5.00. The molecule has 0 saturated heterocycles. The SMILES string of the molecule is C#CC(C)(C)NC(=O)Sc1ccc(C(C)(C)C)cc1. The predicted octanol–water partition coefficient (Wildman–Crippen LogP) is 4.20. The molecule has 0 heterocycles. The highest BCUT2D eigenvalue weighted by molar-refractivity contribution is 8.13. The minimum absolute atomic E-state index is 0.122. The van der Waals surface area contributed by atoms with Crippen molar-refractivity contribution in [1.29, 1.82) is 0 Å². The van der Waals surface area contributed by atoms with Crippen LogP contribution in [0.4, 0.5) is 4.79 Å². The number of carbonyl (C=O) groups is 1. The van der Waals surface area contributed by atoms with Crippen LogP contribution < -0.4 is 5.32 Å². The van der Waals surface area contributed by atoms with E-state index in [1.165, 1.54) is 5.56 Å². The maximum atomic E-state index is 11.8. The molecule has 1 N–H and O–H groups in total. The van der Waals surface area contributed by atoms with E-state index in [1.807, 2.05) is 12.1 Å². The van der Waals surface area contributed by atoms with Crippen molar-refractivity contribution in [1.82, 2.24) is 5.32 Å². The van der Waals surface area contributed by atoms with Gasteiger partial charge in [-0.1, -0.05) is 38.8 Å². The van der Waals surface area contributed by atoms with Crippen molar-refractivity contribution >= 4 is 17.0 Å². The molecule has 0 aliphatic heterocycles. The lowest BCUT2D eigenvalue weighted by atomic mass is 9.87. The number of hydrogen-bond acceptors (Lipinski definition) is 2. The number of amides is 1. The van der Waals surface area contributed by atoms with Gasteiger partial charge in [0, 0.05) is 4.90 Å². The first-order valence-corrected chi connectivity index (χ1v) is 7.04. The quantitative estimate of drug-likeness (QED) is 0.647. The smallest absolute Gasteiger partial charge is 0.285 e. The van der Waals surface area contributed by atoms with Gasteiger partial charge in [-0.05, 0) is 48.7 Å². The van der Waals surface area contributed by atoms with Gasteiger partial charge in [-0.3, -0.25) is 4.79 Å². The van der Waals surface area contributed by atoms with Crippen LogP contribution >= 0.6 is 11.8 Å². The summed E-state index contributed by atoms with van der Waals surface area (Å²) in [6, 6.07) is 8.05.